The van der Waals surface area contributed by atoms with Crippen LogP contribution in [0.15, 0.2) is 48.7 Å². The van der Waals surface area contributed by atoms with Crippen molar-refractivity contribution in [1.29, 1.82) is 0 Å². The van der Waals surface area contributed by atoms with Gasteiger partial charge in [0.1, 0.15) is 11.6 Å². The molecule has 166 valence electrons. The van der Waals surface area contributed by atoms with Crippen molar-refractivity contribution in [2.75, 3.05) is 48.4 Å². The molecule has 0 bridgehead atoms. The molecule has 3 heterocycles. The smallest absolute Gasteiger partial charge is 0.250 e. The number of aryl methyl sites for hydroxylation is 1. The molecule has 8 nitrogen and oxygen atoms in total. The third-order valence-corrected chi connectivity index (χ3v) is 5.73. The monoisotopic (exact) mass is 431 g/mol. The second-order valence-electron chi connectivity index (χ2n) is 8.39. The van der Waals surface area contributed by atoms with Gasteiger partial charge in [0.25, 0.3) is 0 Å². The van der Waals surface area contributed by atoms with Crippen LogP contribution in [0.3, 0.4) is 0 Å². The Morgan fingerprint density at radius 3 is 2.50 bits per heavy atom. The minimum atomic E-state index is -0.458. The molecule has 1 amide bonds. The number of nitrogens with zero attached hydrogens (tertiary/aromatic N) is 6. The summed E-state index contributed by atoms with van der Waals surface area (Å²) in [5.74, 6) is 2.04. The van der Waals surface area contributed by atoms with Gasteiger partial charge in [-0.1, -0.05) is 30.3 Å². The highest BCUT2D eigenvalue weighted by Crippen LogP contribution is 2.28. The summed E-state index contributed by atoms with van der Waals surface area (Å²) in [6.45, 7) is 6.56. The van der Waals surface area contributed by atoms with E-state index in [0.29, 0.717) is 11.5 Å². The number of aromatic nitrogens is 3. The normalized spacial score (nSPS) is 16.2. The summed E-state index contributed by atoms with van der Waals surface area (Å²) in [5.41, 5.74) is 8.75. The molecule has 2 N–H and O–H groups in total. The Balaban J connectivity index is 1.60. The fourth-order valence-corrected chi connectivity index (χ4v) is 4.05. The first-order valence-corrected chi connectivity index (χ1v) is 10.7. The van der Waals surface area contributed by atoms with Crippen molar-refractivity contribution in [2.24, 2.45) is 5.73 Å². The molecular weight excluding hydrogens is 402 g/mol. The predicted molar refractivity (Wildman–Crippen MR) is 128 cm³/mol. The fraction of sp³-hybridized carbons (Fsp3) is 0.333. The van der Waals surface area contributed by atoms with Gasteiger partial charge in [-0.25, -0.2) is 9.97 Å². The van der Waals surface area contributed by atoms with Crippen molar-refractivity contribution in [1.82, 2.24) is 15.0 Å². The summed E-state index contributed by atoms with van der Waals surface area (Å²) in [7, 11) is 3.92. The second-order valence-corrected chi connectivity index (χ2v) is 8.39. The summed E-state index contributed by atoms with van der Waals surface area (Å²) in [6.07, 6.45) is 1.56. The van der Waals surface area contributed by atoms with E-state index in [1.807, 2.05) is 50.2 Å². The highest BCUT2D eigenvalue weighted by Gasteiger charge is 2.27. The van der Waals surface area contributed by atoms with E-state index >= 15 is 0 Å². The maximum absolute atomic E-state index is 11.4. The van der Waals surface area contributed by atoms with Gasteiger partial charge >= 0.3 is 0 Å². The van der Waals surface area contributed by atoms with Crippen molar-refractivity contribution in [2.45, 2.75) is 19.9 Å². The Morgan fingerprint density at radius 2 is 1.88 bits per heavy atom. The first-order chi connectivity index (χ1) is 15.3. The van der Waals surface area contributed by atoms with E-state index in [-0.39, 0.29) is 6.04 Å². The molecule has 2 aromatic heterocycles. The first-order valence-electron chi connectivity index (χ1n) is 10.7. The molecule has 0 aliphatic carbocycles. The molecule has 0 radical (unpaired) electrons. The van der Waals surface area contributed by atoms with Crippen LogP contribution in [0.5, 0.6) is 0 Å². The van der Waals surface area contributed by atoms with Crippen LogP contribution in [0.1, 0.15) is 22.8 Å². The Morgan fingerprint density at radius 1 is 1.12 bits per heavy atom. The van der Waals surface area contributed by atoms with E-state index in [0.717, 1.165) is 48.1 Å². The molecule has 0 saturated carbocycles. The highest BCUT2D eigenvalue weighted by molar-refractivity contribution is 5.92. The SMILES string of the molecule is Cc1cc(C(N)=O)cnc1N1CCN(c2cc(-c3ccccc3)nc(N(C)C)n2)C(C)C1. The second kappa shape index (κ2) is 8.82. The molecule has 1 fully saturated rings. The molecule has 1 aromatic carbocycles. The molecule has 1 unspecified atom stereocenters. The Bertz CT molecular complexity index is 1120. The van der Waals surface area contributed by atoms with E-state index in [9.17, 15) is 4.79 Å². The third-order valence-electron chi connectivity index (χ3n) is 5.73. The molecular formula is C24H29N7O. The maximum Gasteiger partial charge on any atom is 0.250 e. The zero-order chi connectivity index (χ0) is 22.8. The predicted octanol–water partition coefficient (Wildman–Crippen LogP) is 2.73. The maximum atomic E-state index is 11.4. The number of benzene rings is 1. The number of hydrogen-bond acceptors (Lipinski definition) is 7. The van der Waals surface area contributed by atoms with Gasteiger partial charge in [0.2, 0.25) is 11.9 Å². The van der Waals surface area contributed by atoms with E-state index in [1.165, 1.54) is 0 Å². The first kappa shape index (κ1) is 21.5. The fourth-order valence-electron chi connectivity index (χ4n) is 4.05. The molecule has 1 atom stereocenters. The zero-order valence-electron chi connectivity index (χ0n) is 19.0. The number of rotatable bonds is 5. The van der Waals surface area contributed by atoms with Crippen molar-refractivity contribution in [3.05, 3.63) is 59.8 Å². The zero-order valence-corrected chi connectivity index (χ0v) is 19.0. The molecule has 1 aliphatic heterocycles. The van der Waals surface area contributed by atoms with Gasteiger partial charge in [0, 0.05) is 57.6 Å². The van der Waals surface area contributed by atoms with Crippen LogP contribution in [0.25, 0.3) is 11.3 Å². The lowest BCUT2D eigenvalue weighted by Gasteiger charge is -2.41. The molecule has 1 aliphatic rings. The van der Waals surface area contributed by atoms with Crippen LogP contribution in [0, 0.1) is 6.92 Å². The lowest BCUT2D eigenvalue weighted by atomic mass is 10.1. The largest absolute Gasteiger partial charge is 0.366 e. The van der Waals surface area contributed by atoms with Crippen molar-refractivity contribution in [3.63, 3.8) is 0 Å². The van der Waals surface area contributed by atoms with Gasteiger partial charge in [-0.2, -0.15) is 4.98 Å². The summed E-state index contributed by atoms with van der Waals surface area (Å²) in [4.78, 5) is 32.1. The lowest BCUT2D eigenvalue weighted by molar-refractivity contribution is 0.1000. The number of nitrogens with two attached hydrogens (primary N) is 1. The van der Waals surface area contributed by atoms with E-state index in [1.54, 1.807) is 6.20 Å². The van der Waals surface area contributed by atoms with Gasteiger partial charge in [-0.15, -0.1) is 0 Å². The van der Waals surface area contributed by atoms with Crippen LogP contribution < -0.4 is 20.4 Å². The Labute approximate surface area is 188 Å². The van der Waals surface area contributed by atoms with Gasteiger partial charge < -0.3 is 20.4 Å². The summed E-state index contributed by atoms with van der Waals surface area (Å²) >= 11 is 0. The number of piperazine rings is 1. The van der Waals surface area contributed by atoms with Gasteiger partial charge in [0.15, 0.2) is 0 Å². The summed E-state index contributed by atoms with van der Waals surface area (Å²) in [5, 5.41) is 0. The van der Waals surface area contributed by atoms with E-state index < -0.39 is 5.91 Å². The molecule has 4 rings (SSSR count). The average Bonchev–Trinajstić information content (AvgIpc) is 2.79. The third kappa shape index (κ3) is 4.34. The number of pyridine rings is 1. The minimum Gasteiger partial charge on any atom is -0.366 e. The number of hydrogen-bond donors (Lipinski definition) is 1. The molecule has 0 spiro atoms. The molecule has 8 heteroatoms. The van der Waals surface area contributed by atoms with Crippen molar-refractivity contribution < 1.29 is 4.79 Å². The van der Waals surface area contributed by atoms with Crippen LogP contribution in [0.2, 0.25) is 0 Å². The molecule has 1 saturated heterocycles. The number of anilines is 3. The van der Waals surface area contributed by atoms with Crippen molar-refractivity contribution >= 4 is 23.5 Å². The van der Waals surface area contributed by atoms with Crippen LogP contribution in [0.4, 0.5) is 17.6 Å². The van der Waals surface area contributed by atoms with Crippen LogP contribution in [-0.2, 0) is 0 Å². The average molecular weight is 432 g/mol. The number of amides is 1. The van der Waals surface area contributed by atoms with E-state index in [4.69, 9.17) is 15.7 Å². The quantitative estimate of drug-likeness (QED) is 0.664. The number of primary amides is 1. The standard InChI is InChI=1S/C24H29N7O/c1-16-12-19(22(25)32)14-26-23(16)30-10-11-31(17(2)15-30)21-13-20(18-8-6-5-7-9-18)27-24(28-21)29(3)4/h5-9,12-14,17H,10-11,15H2,1-4H3,(H2,25,32). The van der Waals surface area contributed by atoms with Gasteiger partial charge in [-0.3, -0.25) is 4.79 Å². The minimum absolute atomic E-state index is 0.217. The van der Waals surface area contributed by atoms with Crippen LogP contribution in [-0.4, -0.2) is 60.6 Å². The Hall–Kier alpha value is -3.68. The Kier molecular flexibility index (Phi) is 5.94. The van der Waals surface area contributed by atoms with Gasteiger partial charge in [-0.05, 0) is 25.5 Å². The molecule has 3 aromatic rings. The highest BCUT2D eigenvalue weighted by atomic mass is 16.1. The van der Waals surface area contributed by atoms with E-state index in [2.05, 4.69) is 39.9 Å². The molecule has 32 heavy (non-hydrogen) atoms. The number of carbonyl (C=O) groups is 1. The van der Waals surface area contributed by atoms with Gasteiger partial charge in [0.05, 0.1) is 11.3 Å². The summed E-state index contributed by atoms with van der Waals surface area (Å²) < 4.78 is 0. The van der Waals surface area contributed by atoms with Crippen LogP contribution >= 0.6 is 0 Å². The lowest BCUT2D eigenvalue weighted by Crippen LogP contribution is -2.53. The van der Waals surface area contributed by atoms with Crippen molar-refractivity contribution in [3.8, 4) is 11.3 Å². The number of carbonyl (C=O) groups excluding carboxylic acids is 1. The summed E-state index contributed by atoms with van der Waals surface area (Å²) in [6, 6.07) is 14.3. The topological polar surface area (TPSA) is 91.5 Å².